The molecule has 0 fully saturated rings. The van der Waals surface area contributed by atoms with Gasteiger partial charge >= 0.3 is 5.97 Å². The van der Waals surface area contributed by atoms with Crippen LogP contribution < -0.4 is 16.0 Å². The van der Waals surface area contributed by atoms with Crippen molar-refractivity contribution >= 4 is 34.7 Å². The highest BCUT2D eigenvalue weighted by Crippen LogP contribution is 2.34. The lowest BCUT2D eigenvalue weighted by Gasteiger charge is -2.23. The number of hydrogen-bond donors (Lipinski definition) is 2. The molecule has 0 unspecified atom stereocenters. The smallest absolute Gasteiger partial charge is 0.339 e. The number of benzene rings is 2. The van der Waals surface area contributed by atoms with Crippen molar-refractivity contribution in [2.75, 3.05) is 30.1 Å². The number of carbonyl (C=O) groups is 1. The van der Waals surface area contributed by atoms with Gasteiger partial charge in [0.1, 0.15) is 12.0 Å². The Morgan fingerprint density at radius 3 is 2.56 bits per heavy atom. The molecule has 0 aliphatic rings. The van der Waals surface area contributed by atoms with Crippen molar-refractivity contribution in [2.24, 2.45) is 0 Å². The molecule has 1 aromatic heterocycles. The summed E-state index contributed by atoms with van der Waals surface area (Å²) in [7, 11) is 3.14. The molecule has 0 spiro atoms. The Morgan fingerprint density at radius 1 is 1.11 bits per heavy atom. The number of nitrogens with two attached hydrogens (primary N) is 1. The molecular formula is C20H21N5O2. The maximum absolute atomic E-state index is 12.1. The molecule has 0 amide bonds. The van der Waals surface area contributed by atoms with Crippen molar-refractivity contribution in [3.05, 3.63) is 66.0 Å². The van der Waals surface area contributed by atoms with E-state index in [1.807, 2.05) is 43.3 Å². The molecule has 0 aliphatic carbocycles. The largest absolute Gasteiger partial charge is 0.465 e. The first-order valence-electron chi connectivity index (χ1n) is 8.37. The fraction of sp³-hybridized carbons (Fsp3) is 0.150. The maximum atomic E-state index is 12.1. The third kappa shape index (κ3) is 3.67. The van der Waals surface area contributed by atoms with E-state index in [-0.39, 0.29) is 0 Å². The summed E-state index contributed by atoms with van der Waals surface area (Å²) in [6.07, 6.45) is 1.43. The second-order valence-corrected chi connectivity index (χ2v) is 5.97. The van der Waals surface area contributed by atoms with E-state index < -0.39 is 5.97 Å². The van der Waals surface area contributed by atoms with Gasteiger partial charge in [0, 0.05) is 12.7 Å². The van der Waals surface area contributed by atoms with Crippen LogP contribution in [-0.4, -0.2) is 30.1 Å². The van der Waals surface area contributed by atoms with Crippen LogP contribution in [0.3, 0.4) is 0 Å². The highest BCUT2D eigenvalue weighted by atomic mass is 16.5. The van der Waals surface area contributed by atoms with E-state index in [0.717, 1.165) is 11.3 Å². The Kier molecular flexibility index (Phi) is 5.21. The van der Waals surface area contributed by atoms with Crippen LogP contribution in [0.15, 0.2) is 54.9 Å². The highest BCUT2D eigenvalue weighted by Gasteiger charge is 2.19. The van der Waals surface area contributed by atoms with Gasteiger partial charge in [-0.3, -0.25) is 0 Å². The fourth-order valence-electron chi connectivity index (χ4n) is 2.76. The summed E-state index contributed by atoms with van der Waals surface area (Å²) < 4.78 is 4.87. The van der Waals surface area contributed by atoms with E-state index in [4.69, 9.17) is 10.5 Å². The number of carbonyl (C=O) groups excluding carboxylic acids is 1. The molecule has 1 heterocycles. The van der Waals surface area contributed by atoms with Crippen LogP contribution in [0.2, 0.25) is 0 Å². The molecule has 0 bridgehead atoms. The summed E-state index contributed by atoms with van der Waals surface area (Å²) in [6, 6.07) is 15.0. The van der Waals surface area contributed by atoms with Gasteiger partial charge in [0.05, 0.1) is 18.4 Å². The number of aryl methyl sites for hydroxylation is 1. The number of hydrogen-bond acceptors (Lipinski definition) is 7. The van der Waals surface area contributed by atoms with E-state index in [2.05, 4.69) is 15.3 Å². The second-order valence-electron chi connectivity index (χ2n) is 5.97. The Labute approximate surface area is 157 Å². The summed E-state index contributed by atoms with van der Waals surface area (Å²) in [5.41, 5.74) is 9.75. The molecule has 0 radical (unpaired) electrons. The van der Waals surface area contributed by atoms with Gasteiger partial charge in [-0.15, -0.1) is 0 Å². The molecule has 7 heteroatoms. The van der Waals surface area contributed by atoms with Crippen LogP contribution in [0, 0.1) is 6.92 Å². The molecule has 138 valence electrons. The molecule has 3 aromatic rings. The summed E-state index contributed by atoms with van der Waals surface area (Å²) in [4.78, 5) is 22.4. The molecule has 2 aromatic carbocycles. The summed E-state index contributed by atoms with van der Waals surface area (Å²) in [6.45, 7) is 2.00. The average Bonchev–Trinajstić information content (AvgIpc) is 2.70. The van der Waals surface area contributed by atoms with Gasteiger partial charge in [-0.1, -0.05) is 30.3 Å². The lowest BCUT2D eigenvalue weighted by Crippen LogP contribution is -2.18. The van der Waals surface area contributed by atoms with E-state index in [9.17, 15) is 4.79 Å². The van der Waals surface area contributed by atoms with E-state index in [1.165, 1.54) is 13.4 Å². The first-order chi connectivity index (χ1) is 13.0. The zero-order valence-corrected chi connectivity index (χ0v) is 15.4. The quantitative estimate of drug-likeness (QED) is 0.668. The number of nitrogens with one attached hydrogen (secondary N) is 1. The molecule has 27 heavy (non-hydrogen) atoms. The zero-order chi connectivity index (χ0) is 19.4. The lowest BCUT2D eigenvalue weighted by atomic mass is 10.1. The van der Waals surface area contributed by atoms with Gasteiger partial charge in [-0.05, 0) is 30.7 Å². The maximum Gasteiger partial charge on any atom is 0.339 e. The van der Waals surface area contributed by atoms with Gasteiger partial charge in [-0.2, -0.15) is 0 Å². The standard InChI is InChI=1S/C20H21N5O2/c1-13-8-4-6-10-15(13)24-18-17(21)19(23-12-22-18)25(2)16-11-7-5-9-14(16)20(26)27-3/h4-12H,21H2,1-3H3,(H,22,23,24). The zero-order valence-electron chi connectivity index (χ0n) is 15.4. The molecule has 0 saturated carbocycles. The van der Waals surface area contributed by atoms with Crippen molar-refractivity contribution in [2.45, 2.75) is 6.92 Å². The van der Waals surface area contributed by atoms with Gasteiger partial charge in [-0.25, -0.2) is 14.8 Å². The highest BCUT2D eigenvalue weighted by molar-refractivity contribution is 5.97. The minimum atomic E-state index is -0.427. The third-order valence-electron chi connectivity index (χ3n) is 4.25. The third-order valence-corrected chi connectivity index (χ3v) is 4.25. The molecule has 0 atom stereocenters. The Morgan fingerprint density at radius 2 is 1.81 bits per heavy atom. The van der Waals surface area contributed by atoms with Gasteiger partial charge in [0.15, 0.2) is 11.6 Å². The number of aromatic nitrogens is 2. The normalized spacial score (nSPS) is 10.3. The first kappa shape index (κ1) is 18.2. The van der Waals surface area contributed by atoms with Crippen LogP contribution in [0.4, 0.5) is 28.7 Å². The van der Waals surface area contributed by atoms with Crippen LogP contribution in [-0.2, 0) is 4.74 Å². The molecule has 3 N–H and O–H groups in total. The number of para-hydroxylation sites is 2. The van der Waals surface area contributed by atoms with Crippen LogP contribution in [0.1, 0.15) is 15.9 Å². The minimum Gasteiger partial charge on any atom is -0.465 e. The number of esters is 1. The second kappa shape index (κ2) is 7.74. The van der Waals surface area contributed by atoms with Crippen LogP contribution in [0.5, 0.6) is 0 Å². The monoisotopic (exact) mass is 363 g/mol. The molecule has 0 saturated heterocycles. The Hall–Kier alpha value is -3.61. The summed E-state index contributed by atoms with van der Waals surface area (Å²) in [5, 5.41) is 3.24. The van der Waals surface area contributed by atoms with E-state index in [1.54, 1.807) is 24.1 Å². The van der Waals surface area contributed by atoms with Crippen molar-refractivity contribution in [1.29, 1.82) is 0 Å². The SMILES string of the molecule is COC(=O)c1ccccc1N(C)c1ncnc(Nc2ccccc2C)c1N. The number of rotatable bonds is 5. The lowest BCUT2D eigenvalue weighted by molar-refractivity contribution is 0.0601. The number of methoxy groups -OCH3 is 1. The number of anilines is 5. The predicted molar refractivity (Wildman–Crippen MR) is 107 cm³/mol. The first-order valence-corrected chi connectivity index (χ1v) is 8.37. The predicted octanol–water partition coefficient (Wildman–Crippen LogP) is 3.67. The fourth-order valence-corrected chi connectivity index (χ4v) is 2.76. The van der Waals surface area contributed by atoms with E-state index >= 15 is 0 Å². The van der Waals surface area contributed by atoms with Crippen LogP contribution in [0.25, 0.3) is 0 Å². The molecule has 3 rings (SSSR count). The van der Waals surface area contributed by atoms with Crippen molar-refractivity contribution < 1.29 is 9.53 Å². The topological polar surface area (TPSA) is 93.4 Å². The molecule has 7 nitrogen and oxygen atoms in total. The number of nitrogens with zero attached hydrogens (tertiary/aromatic N) is 3. The van der Waals surface area contributed by atoms with Gasteiger partial charge in [0.2, 0.25) is 0 Å². The van der Waals surface area contributed by atoms with Gasteiger partial charge < -0.3 is 20.7 Å². The summed E-state index contributed by atoms with van der Waals surface area (Å²) in [5.74, 6) is 0.553. The Balaban J connectivity index is 1.99. The molecular weight excluding hydrogens is 342 g/mol. The van der Waals surface area contributed by atoms with Gasteiger partial charge in [0.25, 0.3) is 0 Å². The van der Waals surface area contributed by atoms with E-state index in [0.29, 0.717) is 28.6 Å². The van der Waals surface area contributed by atoms with Crippen LogP contribution >= 0.6 is 0 Å². The summed E-state index contributed by atoms with van der Waals surface area (Å²) >= 11 is 0. The average molecular weight is 363 g/mol. The van der Waals surface area contributed by atoms with Crippen molar-refractivity contribution in [3.63, 3.8) is 0 Å². The minimum absolute atomic E-state index is 0.378. The van der Waals surface area contributed by atoms with Crippen molar-refractivity contribution in [1.82, 2.24) is 9.97 Å². The molecule has 0 aliphatic heterocycles. The number of nitrogen functional groups attached to an aromatic ring is 1. The van der Waals surface area contributed by atoms with Crippen molar-refractivity contribution in [3.8, 4) is 0 Å². The Bertz CT molecular complexity index is 974. The number of ether oxygens (including phenoxy) is 1.